The number of hydrogen-bond acceptors (Lipinski definition) is 5. The highest BCUT2D eigenvalue weighted by atomic mass is 32.1. The van der Waals surface area contributed by atoms with Crippen molar-refractivity contribution >= 4 is 33.4 Å². The summed E-state index contributed by atoms with van der Waals surface area (Å²) < 4.78 is 13.2. The van der Waals surface area contributed by atoms with Gasteiger partial charge in [0.25, 0.3) is 5.91 Å². The molecule has 3 rings (SSSR count). The van der Waals surface area contributed by atoms with Crippen molar-refractivity contribution in [2.45, 2.75) is 26.8 Å². The summed E-state index contributed by atoms with van der Waals surface area (Å²) in [6, 6.07) is 15.0. The third-order valence-electron chi connectivity index (χ3n) is 3.99. The van der Waals surface area contributed by atoms with Gasteiger partial charge in [-0.05, 0) is 43.7 Å². The Morgan fingerprint density at radius 3 is 2.50 bits per heavy atom. The lowest BCUT2D eigenvalue weighted by molar-refractivity contribution is -0.143. The highest BCUT2D eigenvalue weighted by molar-refractivity contribution is 7.16. The molecule has 1 aromatic heterocycles. The normalized spacial score (nSPS) is 11.6. The summed E-state index contributed by atoms with van der Waals surface area (Å²) in [5.41, 5.74) is 1.71. The molecule has 3 aromatic rings. The SMILES string of the molecule is CCOC(=O)Cn1c(=NC(=O)Cc2ccc(OCC)cc2)sc2ccccc21. The molecule has 0 bridgehead atoms. The van der Waals surface area contributed by atoms with Crippen molar-refractivity contribution in [1.29, 1.82) is 0 Å². The van der Waals surface area contributed by atoms with Gasteiger partial charge in [0.05, 0.1) is 29.9 Å². The summed E-state index contributed by atoms with van der Waals surface area (Å²) in [5.74, 6) is 0.146. The van der Waals surface area contributed by atoms with Crippen LogP contribution in [0, 0.1) is 0 Å². The molecule has 1 heterocycles. The van der Waals surface area contributed by atoms with E-state index in [0.717, 1.165) is 21.5 Å². The molecule has 6 nitrogen and oxygen atoms in total. The standard InChI is InChI=1S/C21H22N2O4S/c1-3-26-16-11-9-15(10-12-16)13-19(24)22-21-23(14-20(25)27-4-2)17-7-5-6-8-18(17)28-21/h5-12H,3-4,13-14H2,1-2H3. The van der Waals surface area contributed by atoms with Crippen LogP contribution in [0.15, 0.2) is 53.5 Å². The fourth-order valence-corrected chi connectivity index (χ4v) is 3.83. The number of amides is 1. The minimum absolute atomic E-state index is 0.0209. The molecule has 2 aromatic carbocycles. The third-order valence-corrected chi connectivity index (χ3v) is 5.05. The number of ether oxygens (including phenoxy) is 2. The first-order valence-electron chi connectivity index (χ1n) is 9.14. The minimum Gasteiger partial charge on any atom is -0.494 e. The van der Waals surface area contributed by atoms with Crippen LogP contribution in [0.25, 0.3) is 10.2 Å². The van der Waals surface area contributed by atoms with Crippen LogP contribution < -0.4 is 9.54 Å². The van der Waals surface area contributed by atoms with Crippen LogP contribution in [0.4, 0.5) is 0 Å². The molecule has 0 aliphatic heterocycles. The summed E-state index contributed by atoms with van der Waals surface area (Å²) in [6.45, 7) is 4.62. The predicted octanol–water partition coefficient (Wildman–Crippen LogP) is 3.33. The van der Waals surface area contributed by atoms with Gasteiger partial charge < -0.3 is 14.0 Å². The van der Waals surface area contributed by atoms with E-state index < -0.39 is 0 Å². The molecule has 0 saturated heterocycles. The van der Waals surface area contributed by atoms with Crippen molar-refractivity contribution in [2.24, 2.45) is 4.99 Å². The highest BCUT2D eigenvalue weighted by Gasteiger charge is 2.12. The van der Waals surface area contributed by atoms with Gasteiger partial charge in [-0.15, -0.1) is 0 Å². The van der Waals surface area contributed by atoms with Crippen LogP contribution in [0.2, 0.25) is 0 Å². The van der Waals surface area contributed by atoms with E-state index in [9.17, 15) is 9.59 Å². The van der Waals surface area contributed by atoms with E-state index in [0.29, 0.717) is 18.0 Å². The molecule has 0 saturated carbocycles. The van der Waals surface area contributed by atoms with Gasteiger partial charge in [-0.25, -0.2) is 0 Å². The molecule has 0 spiro atoms. The van der Waals surface area contributed by atoms with Crippen molar-refractivity contribution in [3.63, 3.8) is 0 Å². The van der Waals surface area contributed by atoms with Crippen LogP contribution >= 0.6 is 11.3 Å². The average molecular weight is 398 g/mol. The lowest BCUT2D eigenvalue weighted by Gasteiger charge is -2.05. The zero-order valence-corrected chi connectivity index (χ0v) is 16.7. The number of nitrogens with zero attached hydrogens (tertiary/aromatic N) is 2. The maximum absolute atomic E-state index is 12.5. The zero-order valence-electron chi connectivity index (χ0n) is 15.9. The Hall–Kier alpha value is -2.93. The molecule has 28 heavy (non-hydrogen) atoms. The van der Waals surface area contributed by atoms with Gasteiger partial charge in [0.2, 0.25) is 0 Å². The molecular weight excluding hydrogens is 376 g/mol. The molecule has 0 N–H and O–H groups in total. The fourth-order valence-electron chi connectivity index (χ4n) is 2.79. The number of carbonyl (C=O) groups is 2. The Morgan fingerprint density at radius 1 is 1.04 bits per heavy atom. The Bertz CT molecular complexity index is 1030. The summed E-state index contributed by atoms with van der Waals surface area (Å²) in [7, 11) is 0. The minimum atomic E-state index is -0.355. The van der Waals surface area contributed by atoms with E-state index >= 15 is 0 Å². The second kappa shape index (κ2) is 9.32. The first-order chi connectivity index (χ1) is 13.6. The van der Waals surface area contributed by atoms with Crippen LogP contribution in [-0.2, 0) is 27.3 Å². The molecule has 0 unspecified atom stereocenters. The lowest BCUT2D eigenvalue weighted by atomic mass is 10.1. The van der Waals surface area contributed by atoms with Crippen molar-refractivity contribution in [2.75, 3.05) is 13.2 Å². The number of aromatic nitrogens is 1. The summed E-state index contributed by atoms with van der Waals surface area (Å²) in [5, 5.41) is 0. The van der Waals surface area contributed by atoms with Crippen LogP contribution in [0.1, 0.15) is 19.4 Å². The van der Waals surface area contributed by atoms with E-state index in [4.69, 9.17) is 9.47 Å². The van der Waals surface area contributed by atoms with E-state index in [1.54, 1.807) is 11.5 Å². The number of thiazole rings is 1. The number of esters is 1. The van der Waals surface area contributed by atoms with Crippen molar-refractivity contribution in [1.82, 2.24) is 4.57 Å². The van der Waals surface area contributed by atoms with Crippen molar-refractivity contribution < 1.29 is 19.1 Å². The molecule has 146 valence electrons. The number of benzene rings is 2. The second-order valence-corrected chi connectivity index (χ2v) is 7.01. The zero-order chi connectivity index (χ0) is 19.9. The number of hydrogen-bond donors (Lipinski definition) is 0. The first kappa shape index (κ1) is 19.8. The third kappa shape index (κ3) is 4.86. The number of para-hydroxylation sites is 1. The molecule has 0 aliphatic carbocycles. The van der Waals surface area contributed by atoms with Gasteiger partial charge in [-0.1, -0.05) is 35.6 Å². The number of fused-ring (bicyclic) bond motifs is 1. The molecule has 1 amide bonds. The molecule has 7 heteroatoms. The molecule has 0 atom stereocenters. The Labute approximate surface area is 167 Å². The van der Waals surface area contributed by atoms with Gasteiger partial charge in [0.15, 0.2) is 4.80 Å². The first-order valence-corrected chi connectivity index (χ1v) is 9.95. The van der Waals surface area contributed by atoms with Crippen LogP contribution in [0.3, 0.4) is 0 Å². The molecule has 0 aliphatic rings. The number of rotatable bonds is 7. The Morgan fingerprint density at radius 2 is 1.79 bits per heavy atom. The van der Waals surface area contributed by atoms with E-state index in [1.165, 1.54) is 11.3 Å². The highest BCUT2D eigenvalue weighted by Crippen LogP contribution is 2.17. The second-order valence-electron chi connectivity index (χ2n) is 6.00. The van der Waals surface area contributed by atoms with Gasteiger partial charge in [0.1, 0.15) is 12.3 Å². The fraction of sp³-hybridized carbons (Fsp3) is 0.286. The maximum atomic E-state index is 12.5. The largest absolute Gasteiger partial charge is 0.494 e. The van der Waals surface area contributed by atoms with Gasteiger partial charge >= 0.3 is 5.97 Å². The topological polar surface area (TPSA) is 69.9 Å². The molecule has 0 radical (unpaired) electrons. The quantitative estimate of drug-likeness (QED) is 0.573. The summed E-state index contributed by atoms with van der Waals surface area (Å²) in [4.78, 5) is 29.3. The average Bonchev–Trinajstić information content (AvgIpc) is 3.01. The smallest absolute Gasteiger partial charge is 0.326 e. The lowest BCUT2D eigenvalue weighted by Crippen LogP contribution is -2.23. The monoisotopic (exact) mass is 398 g/mol. The van der Waals surface area contributed by atoms with E-state index in [1.807, 2.05) is 55.5 Å². The summed E-state index contributed by atoms with van der Waals surface area (Å²) in [6.07, 6.45) is 0.181. The Kier molecular flexibility index (Phi) is 6.60. The molecule has 0 fully saturated rings. The van der Waals surface area contributed by atoms with E-state index in [-0.39, 0.29) is 24.8 Å². The van der Waals surface area contributed by atoms with Crippen LogP contribution in [-0.4, -0.2) is 29.7 Å². The Balaban J connectivity index is 1.87. The maximum Gasteiger partial charge on any atom is 0.326 e. The summed E-state index contributed by atoms with van der Waals surface area (Å²) >= 11 is 1.38. The van der Waals surface area contributed by atoms with Crippen molar-refractivity contribution in [3.05, 3.63) is 58.9 Å². The molecular formula is C21H22N2O4S. The van der Waals surface area contributed by atoms with Gasteiger partial charge in [0, 0.05) is 0 Å². The van der Waals surface area contributed by atoms with Crippen molar-refractivity contribution in [3.8, 4) is 5.75 Å². The van der Waals surface area contributed by atoms with E-state index in [2.05, 4.69) is 4.99 Å². The van der Waals surface area contributed by atoms with Crippen LogP contribution in [0.5, 0.6) is 5.75 Å². The number of carbonyl (C=O) groups excluding carboxylic acids is 2. The van der Waals surface area contributed by atoms with Gasteiger partial charge in [-0.2, -0.15) is 4.99 Å². The van der Waals surface area contributed by atoms with Gasteiger partial charge in [-0.3, -0.25) is 9.59 Å². The predicted molar refractivity (Wildman–Crippen MR) is 108 cm³/mol.